The summed E-state index contributed by atoms with van der Waals surface area (Å²) in [7, 11) is 0. The van der Waals surface area contributed by atoms with E-state index in [1.165, 1.54) is 12.1 Å². The molecule has 3 heterocycles. The number of fused-ring (bicyclic) bond motifs is 2. The van der Waals surface area contributed by atoms with Crippen molar-refractivity contribution in [2.75, 3.05) is 0 Å². The number of benzene rings is 1. The van der Waals surface area contributed by atoms with Gasteiger partial charge in [0.1, 0.15) is 21.8 Å². The van der Waals surface area contributed by atoms with Gasteiger partial charge in [0, 0.05) is 33.9 Å². The minimum absolute atomic E-state index is 0.321. The number of nitrogens with one attached hydrogen (secondary N) is 2. The molecule has 3 aromatic rings. The molecule has 23 heavy (non-hydrogen) atoms. The predicted molar refractivity (Wildman–Crippen MR) is 87.9 cm³/mol. The van der Waals surface area contributed by atoms with Crippen LogP contribution < -0.4 is 0 Å². The van der Waals surface area contributed by atoms with Crippen LogP contribution >= 0.6 is 12.2 Å². The molecule has 1 aliphatic heterocycles. The van der Waals surface area contributed by atoms with E-state index in [1.807, 2.05) is 13.0 Å². The van der Waals surface area contributed by atoms with Gasteiger partial charge in [-0.3, -0.25) is 0 Å². The number of carbonyl (C=O) groups excluding carboxylic acids is 1. The van der Waals surface area contributed by atoms with Crippen LogP contribution in [0.5, 0.6) is 0 Å². The van der Waals surface area contributed by atoms with Gasteiger partial charge < -0.3 is 14.7 Å². The van der Waals surface area contributed by atoms with Gasteiger partial charge in [-0.15, -0.1) is 0 Å². The highest BCUT2D eigenvalue weighted by Gasteiger charge is 2.28. The molecule has 0 radical (unpaired) electrons. The monoisotopic (exact) mass is 326 g/mol. The summed E-state index contributed by atoms with van der Waals surface area (Å²) in [6.45, 7) is 1.86. The van der Waals surface area contributed by atoms with Crippen molar-refractivity contribution in [2.45, 2.75) is 6.92 Å². The van der Waals surface area contributed by atoms with E-state index in [9.17, 15) is 9.18 Å². The van der Waals surface area contributed by atoms with Gasteiger partial charge in [0.25, 0.3) is 0 Å². The van der Waals surface area contributed by atoms with E-state index in [0.717, 1.165) is 22.2 Å². The van der Waals surface area contributed by atoms with Crippen LogP contribution in [0.1, 0.15) is 27.2 Å². The Labute approximate surface area is 135 Å². The van der Waals surface area contributed by atoms with Crippen LogP contribution in [-0.2, 0) is 4.74 Å². The fourth-order valence-electron chi connectivity index (χ4n) is 2.77. The molecule has 0 atom stereocenters. The number of ether oxygens (including phenoxy) is 1. The van der Waals surface area contributed by atoms with Crippen LogP contribution in [-0.4, -0.2) is 15.9 Å². The first-order valence-electron chi connectivity index (χ1n) is 6.98. The summed E-state index contributed by atoms with van der Waals surface area (Å²) in [5.74, 6) is -0.379. The number of esters is 1. The molecule has 1 aliphatic rings. The van der Waals surface area contributed by atoms with E-state index in [4.69, 9.17) is 17.0 Å². The first kappa shape index (κ1) is 13.9. The lowest BCUT2D eigenvalue weighted by Gasteiger charge is -2.00. The van der Waals surface area contributed by atoms with Gasteiger partial charge in [-0.25, -0.2) is 9.18 Å². The third-order valence-corrected chi connectivity index (χ3v) is 4.11. The van der Waals surface area contributed by atoms with Gasteiger partial charge in [-0.2, -0.15) is 0 Å². The fourth-order valence-corrected chi connectivity index (χ4v) is 3.13. The number of H-pyrrole nitrogens is 2. The third kappa shape index (κ3) is 2.19. The second-order valence-electron chi connectivity index (χ2n) is 5.40. The number of rotatable bonds is 1. The fraction of sp³-hybridized carbons (Fsp3) is 0.0588. The molecule has 1 aromatic carbocycles. The molecule has 2 N–H and O–H groups in total. The van der Waals surface area contributed by atoms with E-state index >= 15 is 0 Å². The number of carbonyl (C=O) groups is 1. The van der Waals surface area contributed by atoms with Crippen molar-refractivity contribution in [3.05, 3.63) is 63.3 Å². The van der Waals surface area contributed by atoms with E-state index in [1.54, 1.807) is 18.3 Å². The number of hydrogen-bond donors (Lipinski definition) is 2. The van der Waals surface area contributed by atoms with Crippen molar-refractivity contribution < 1.29 is 13.9 Å². The maximum Gasteiger partial charge on any atom is 0.347 e. The van der Waals surface area contributed by atoms with Gasteiger partial charge in [0.2, 0.25) is 0 Å². The molecule has 0 spiro atoms. The maximum absolute atomic E-state index is 13.5. The summed E-state index contributed by atoms with van der Waals surface area (Å²) in [5.41, 5.74) is 3.41. The molecule has 6 heteroatoms. The molecule has 114 valence electrons. The highest BCUT2D eigenvalue weighted by molar-refractivity contribution is 7.71. The average Bonchev–Trinajstić information content (AvgIpc) is 3.01. The summed E-state index contributed by atoms with van der Waals surface area (Å²) in [6.07, 6.45) is 3.47. The highest BCUT2D eigenvalue weighted by atomic mass is 32.1. The van der Waals surface area contributed by atoms with Gasteiger partial charge in [-0.05, 0) is 37.3 Å². The lowest BCUT2D eigenvalue weighted by atomic mass is 10.1. The average molecular weight is 326 g/mol. The van der Waals surface area contributed by atoms with Crippen molar-refractivity contribution in [2.24, 2.45) is 0 Å². The van der Waals surface area contributed by atoms with E-state index < -0.39 is 5.97 Å². The normalized spacial score (nSPS) is 15.2. The number of cyclic esters (lactones) is 1. The molecule has 4 nitrogen and oxygen atoms in total. The van der Waals surface area contributed by atoms with Crippen LogP contribution in [0.4, 0.5) is 4.39 Å². The molecular weight excluding hydrogens is 315 g/mol. The van der Waals surface area contributed by atoms with E-state index in [-0.39, 0.29) is 5.82 Å². The Balaban J connectivity index is 1.92. The van der Waals surface area contributed by atoms with Gasteiger partial charge in [0.15, 0.2) is 0 Å². The summed E-state index contributed by atoms with van der Waals surface area (Å²) in [5, 5.41) is 0.722. The van der Waals surface area contributed by atoms with Crippen molar-refractivity contribution in [1.82, 2.24) is 9.97 Å². The smallest absolute Gasteiger partial charge is 0.347 e. The van der Waals surface area contributed by atoms with Gasteiger partial charge in [-0.1, -0.05) is 12.2 Å². The zero-order valence-corrected chi connectivity index (χ0v) is 12.9. The van der Waals surface area contributed by atoms with Crippen LogP contribution in [0.2, 0.25) is 0 Å². The minimum Gasteiger partial charge on any atom is -0.422 e. The first-order chi connectivity index (χ1) is 11.0. The highest BCUT2D eigenvalue weighted by Crippen LogP contribution is 2.33. The molecule has 0 aliphatic carbocycles. The van der Waals surface area contributed by atoms with Crippen LogP contribution in [0.3, 0.4) is 0 Å². The maximum atomic E-state index is 13.5. The SMILES string of the molecule is Cc1cc2c(c(=S)[nH]1)C(=O)OC2=Cc1c[nH]c2ccc(F)cc12. The number of aryl methyl sites for hydroxylation is 1. The van der Waals surface area contributed by atoms with Crippen molar-refractivity contribution in [3.8, 4) is 0 Å². The molecule has 0 unspecified atom stereocenters. The Bertz CT molecular complexity index is 1060. The number of hydrogen-bond acceptors (Lipinski definition) is 3. The Morgan fingerprint density at radius 3 is 2.96 bits per heavy atom. The topological polar surface area (TPSA) is 57.9 Å². The molecule has 0 amide bonds. The predicted octanol–water partition coefficient (Wildman–Crippen LogP) is 4.34. The Kier molecular flexibility index (Phi) is 2.96. The van der Waals surface area contributed by atoms with Crippen molar-refractivity contribution in [3.63, 3.8) is 0 Å². The molecule has 0 saturated heterocycles. The molecule has 0 saturated carbocycles. The van der Waals surface area contributed by atoms with Crippen molar-refractivity contribution >= 4 is 40.9 Å². The van der Waals surface area contributed by atoms with E-state index in [0.29, 0.717) is 21.5 Å². The molecule has 0 fully saturated rings. The van der Waals surface area contributed by atoms with Crippen LogP contribution in [0.15, 0.2) is 30.5 Å². The third-order valence-electron chi connectivity index (χ3n) is 3.80. The van der Waals surface area contributed by atoms with E-state index in [2.05, 4.69) is 9.97 Å². The lowest BCUT2D eigenvalue weighted by molar-refractivity contribution is 0.0716. The quantitative estimate of drug-likeness (QED) is 0.516. The molecule has 2 aromatic heterocycles. The number of aromatic amines is 2. The van der Waals surface area contributed by atoms with Gasteiger partial charge in [0.05, 0.1) is 0 Å². The summed E-state index contributed by atoms with van der Waals surface area (Å²) < 4.78 is 19.2. The van der Waals surface area contributed by atoms with Crippen LogP contribution in [0.25, 0.3) is 22.7 Å². The summed E-state index contributed by atoms with van der Waals surface area (Å²) >= 11 is 5.20. The molecular formula is C17H11FN2O2S. The number of halogens is 1. The largest absolute Gasteiger partial charge is 0.422 e. The Morgan fingerprint density at radius 1 is 1.30 bits per heavy atom. The zero-order valence-electron chi connectivity index (χ0n) is 12.1. The molecule has 0 bridgehead atoms. The number of pyridine rings is 1. The van der Waals surface area contributed by atoms with Crippen molar-refractivity contribution in [1.29, 1.82) is 0 Å². The Morgan fingerprint density at radius 2 is 2.13 bits per heavy atom. The second-order valence-corrected chi connectivity index (χ2v) is 5.81. The van der Waals surface area contributed by atoms with Gasteiger partial charge >= 0.3 is 5.97 Å². The second kappa shape index (κ2) is 4.89. The molecule has 4 rings (SSSR count). The first-order valence-corrected chi connectivity index (χ1v) is 7.38. The summed E-state index contributed by atoms with van der Waals surface area (Å²) in [6, 6.07) is 6.32. The van der Waals surface area contributed by atoms with Crippen LogP contribution in [0, 0.1) is 17.4 Å². The lowest BCUT2D eigenvalue weighted by Crippen LogP contribution is -1.97. The Hall–Kier alpha value is -2.73. The summed E-state index contributed by atoms with van der Waals surface area (Å²) in [4.78, 5) is 18.1. The zero-order chi connectivity index (χ0) is 16.1. The minimum atomic E-state index is -0.474. The number of aromatic nitrogens is 2. The standard InChI is InChI=1S/C17H11FN2O2S/c1-8-4-12-14(22-17(21)15(12)16(23)20-8)5-9-7-19-13-3-2-10(18)6-11(9)13/h2-7,19H,1H3,(H,20,23).